The summed E-state index contributed by atoms with van der Waals surface area (Å²) in [6.07, 6.45) is 0. The van der Waals surface area contributed by atoms with E-state index in [1.807, 2.05) is 65.2 Å². The number of rotatable bonds is 7. The molecule has 0 fully saturated rings. The molecule has 150 valence electrons. The lowest BCUT2D eigenvalue weighted by molar-refractivity contribution is -0.113. The molecule has 1 aromatic heterocycles. The fourth-order valence-electron chi connectivity index (χ4n) is 2.97. The minimum atomic E-state index is -0.343. The molecule has 0 aliphatic rings. The molecule has 0 saturated carbocycles. The van der Waals surface area contributed by atoms with Crippen LogP contribution in [0.3, 0.4) is 0 Å². The van der Waals surface area contributed by atoms with E-state index in [4.69, 9.17) is 0 Å². The first-order valence-electron chi connectivity index (χ1n) is 9.40. The van der Waals surface area contributed by atoms with Gasteiger partial charge in [-0.25, -0.2) is 4.39 Å². The molecule has 30 heavy (non-hydrogen) atoms. The Kier molecular flexibility index (Phi) is 6.20. The van der Waals surface area contributed by atoms with Gasteiger partial charge in [0.2, 0.25) is 5.91 Å². The molecule has 0 bridgehead atoms. The first-order chi connectivity index (χ1) is 14.7. The van der Waals surface area contributed by atoms with Gasteiger partial charge in [-0.05, 0) is 29.8 Å². The summed E-state index contributed by atoms with van der Waals surface area (Å²) in [5, 5.41) is 12.1. The lowest BCUT2D eigenvalue weighted by Gasteiger charge is -2.11. The Balaban J connectivity index is 1.52. The monoisotopic (exact) mass is 418 g/mol. The molecule has 0 saturated heterocycles. The zero-order valence-corrected chi connectivity index (χ0v) is 16.8. The number of hydrogen-bond acceptors (Lipinski definition) is 4. The van der Waals surface area contributed by atoms with E-state index in [9.17, 15) is 9.18 Å². The number of hydrogen-bond donors (Lipinski definition) is 1. The largest absolute Gasteiger partial charge is 0.325 e. The third kappa shape index (κ3) is 4.93. The molecule has 1 amide bonds. The molecular weight excluding hydrogens is 399 g/mol. The van der Waals surface area contributed by atoms with Crippen molar-refractivity contribution in [1.82, 2.24) is 14.8 Å². The number of nitrogens with one attached hydrogen (secondary N) is 1. The number of aromatic nitrogens is 3. The Hall–Kier alpha value is -3.45. The van der Waals surface area contributed by atoms with Gasteiger partial charge in [-0.15, -0.1) is 10.2 Å². The molecule has 0 unspecified atom stereocenters. The summed E-state index contributed by atoms with van der Waals surface area (Å²) >= 11 is 1.32. The van der Waals surface area contributed by atoms with Crippen LogP contribution in [0.2, 0.25) is 0 Å². The number of anilines is 1. The lowest BCUT2D eigenvalue weighted by Crippen LogP contribution is -2.14. The van der Waals surface area contributed by atoms with Gasteiger partial charge in [-0.3, -0.25) is 9.36 Å². The SMILES string of the molecule is O=C(CSc1nnc(-c2ccccc2)n1Cc1ccccc1)Nc1ccc(F)cc1. The van der Waals surface area contributed by atoms with E-state index in [1.54, 1.807) is 0 Å². The molecule has 1 heterocycles. The fourth-order valence-corrected chi connectivity index (χ4v) is 3.70. The van der Waals surface area contributed by atoms with Crippen LogP contribution in [0.1, 0.15) is 5.56 Å². The van der Waals surface area contributed by atoms with Gasteiger partial charge in [0, 0.05) is 11.3 Å². The topological polar surface area (TPSA) is 59.8 Å². The number of thioether (sulfide) groups is 1. The molecule has 0 spiro atoms. The highest BCUT2D eigenvalue weighted by molar-refractivity contribution is 7.99. The normalized spacial score (nSPS) is 10.7. The van der Waals surface area contributed by atoms with Crippen LogP contribution in [0.5, 0.6) is 0 Å². The predicted octanol–water partition coefficient (Wildman–Crippen LogP) is 4.86. The number of benzene rings is 3. The van der Waals surface area contributed by atoms with Gasteiger partial charge in [0.05, 0.1) is 12.3 Å². The van der Waals surface area contributed by atoms with E-state index < -0.39 is 0 Å². The van der Waals surface area contributed by atoms with Crippen molar-refractivity contribution in [2.45, 2.75) is 11.7 Å². The molecule has 0 aliphatic carbocycles. The first-order valence-corrected chi connectivity index (χ1v) is 10.4. The zero-order valence-electron chi connectivity index (χ0n) is 16.0. The molecule has 1 N–H and O–H groups in total. The average molecular weight is 418 g/mol. The quantitative estimate of drug-likeness (QED) is 0.435. The van der Waals surface area contributed by atoms with Gasteiger partial charge in [-0.1, -0.05) is 72.4 Å². The molecule has 3 aromatic carbocycles. The van der Waals surface area contributed by atoms with Crippen molar-refractivity contribution in [3.63, 3.8) is 0 Å². The van der Waals surface area contributed by atoms with E-state index in [2.05, 4.69) is 15.5 Å². The van der Waals surface area contributed by atoms with E-state index in [1.165, 1.54) is 36.0 Å². The Labute approximate surface area is 178 Å². The predicted molar refractivity (Wildman–Crippen MR) is 117 cm³/mol. The molecule has 0 aliphatic heterocycles. The third-order valence-corrected chi connectivity index (χ3v) is 5.36. The maximum Gasteiger partial charge on any atom is 0.234 e. The number of carbonyl (C=O) groups is 1. The van der Waals surface area contributed by atoms with E-state index in [0.717, 1.165) is 17.0 Å². The summed E-state index contributed by atoms with van der Waals surface area (Å²) in [7, 11) is 0. The van der Waals surface area contributed by atoms with Crippen molar-refractivity contribution in [3.8, 4) is 11.4 Å². The van der Waals surface area contributed by atoms with Crippen LogP contribution in [0.25, 0.3) is 11.4 Å². The zero-order chi connectivity index (χ0) is 20.8. The van der Waals surface area contributed by atoms with Gasteiger partial charge in [-0.2, -0.15) is 0 Å². The Morgan fingerprint density at radius 2 is 1.57 bits per heavy atom. The van der Waals surface area contributed by atoms with Crippen LogP contribution in [-0.4, -0.2) is 26.4 Å². The minimum Gasteiger partial charge on any atom is -0.325 e. The molecule has 5 nitrogen and oxygen atoms in total. The molecule has 0 radical (unpaired) electrons. The second kappa shape index (κ2) is 9.37. The molecule has 7 heteroatoms. The van der Waals surface area contributed by atoms with Crippen LogP contribution >= 0.6 is 11.8 Å². The maximum absolute atomic E-state index is 13.0. The maximum atomic E-state index is 13.0. The van der Waals surface area contributed by atoms with Gasteiger partial charge in [0.1, 0.15) is 5.82 Å². The summed E-state index contributed by atoms with van der Waals surface area (Å²) < 4.78 is 15.0. The van der Waals surface area contributed by atoms with E-state index >= 15 is 0 Å². The summed E-state index contributed by atoms with van der Waals surface area (Å²) in [6.45, 7) is 0.597. The van der Waals surface area contributed by atoms with Crippen molar-refractivity contribution in [1.29, 1.82) is 0 Å². The van der Waals surface area contributed by atoms with Crippen LogP contribution in [0.4, 0.5) is 10.1 Å². The van der Waals surface area contributed by atoms with Crippen molar-refractivity contribution < 1.29 is 9.18 Å². The lowest BCUT2D eigenvalue weighted by atomic mass is 10.2. The second-order valence-corrected chi connectivity index (χ2v) is 7.53. The minimum absolute atomic E-state index is 0.166. The summed E-state index contributed by atoms with van der Waals surface area (Å²) in [4.78, 5) is 12.3. The van der Waals surface area contributed by atoms with Gasteiger partial charge in [0.15, 0.2) is 11.0 Å². The van der Waals surface area contributed by atoms with Crippen molar-refractivity contribution >= 4 is 23.4 Å². The van der Waals surface area contributed by atoms with Crippen molar-refractivity contribution in [3.05, 3.63) is 96.3 Å². The van der Waals surface area contributed by atoms with Gasteiger partial charge in [0.25, 0.3) is 0 Å². The van der Waals surface area contributed by atoms with Gasteiger partial charge < -0.3 is 5.32 Å². The number of amides is 1. The highest BCUT2D eigenvalue weighted by Gasteiger charge is 2.16. The van der Waals surface area contributed by atoms with Crippen LogP contribution < -0.4 is 5.32 Å². The van der Waals surface area contributed by atoms with Crippen LogP contribution in [0.15, 0.2) is 90.1 Å². The summed E-state index contributed by atoms with van der Waals surface area (Å²) in [5.74, 6) is 0.381. The standard InChI is InChI=1S/C23H19FN4OS/c24-19-11-13-20(14-12-19)25-21(29)16-30-23-27-26-22(18-9-5-2-6-10-18)28(23)15-17-7-3-1-4-8-17/h1-14H,15-16H2,(H,25,29). The Bertz CT molecular complexity index is 1120. The van der Waals surface area contributed by atoms with Crippen LogP contribution in [-0.2, 0) is 11.3 Å². The number of nitrogens with zero attached hydrogens (tertiary/aromatic N) is 3. The number of carbonyl (C=O) groups excluding carboxylic acids is 1. The molecule has 4 rings (SSSR count). The smallest absolute Gasteiger partial charge is 0.234 e. The Morgan fingerprint density at radius 3 is 2.27 bits per heavy atom. The first kappa shape index (κ1) is 19.8. The highest BCUT2D eigenvalue weighted by atomic mass is 32.2. The van der Waals surface area contributed by atoms with Gasteiger partial charge >= 0.3 is 0 Å². The van der Waals surface area contributed by atoms with E-state index in [0.29, 0.717) is 17.4 Å². The summed E-state index contributed by atoms with van der Waals surface area (Å²) in [6, 6.07) is 25.6. The van der Waals surface area contributed by atoms with Crippen molar-refractivity contribution in [2.75, 3.05) is 11.1 Å². The Morgan fingerprint density at radius 1 is 0.900 bits per heavy atom. The van der Waals surface area contributed by atoms with Crippen LogP contribution in [0, 0.1) is 5.82 Å². The van der Waals surface area contributed by atoms with Crippen molar-refractivity contribution in [2.24, 2.45) is 0 Å². The highest BCUT2D eigenvalue weighted by Crippen LogP contribution is 2.25. The van der Waals surface area contributed by atoms with E-state index in [-0.39, 0.29) is 17.5 Å². The molecular formula is C23H19FN4OS. The fraction of sp³-hybridized carbons (Fsp3) is 0.0870. The second-order valence-electron chi connectivity index (χ2n) is 6.59. The molecule has 0 atom stereocenters. The number of halogens is 1. The molecule has 4 aromatic rings. The average Bonchev–Trinajstić information content (AvgIpc) is 3.17. The third-order valence-electron chi connectivity index (χ3n) is 4.39. The summed E-state index contributed by atoms with van der Waals surface area (Å²) in [5.41, 5.74) is 2.63.